The van der Waals surface area contributed by atoms with Crippen LogP contribution in [0.15, 0.2) is 48.0 Å². The van der Waals surface area contributed by atoms with Gasteiger partial charge in [-0.25, -0.2) is 0 Å². The number of Topliss-reactive ketones (excluding diaryl/α,β-unsaturated/α-hetero) is 1. The summed E-state index contributed by atoms with van der Waals surface area (Å²) in [5.74, 6) is 0.181. The summed E-state index contributed by atoms with van der Waals surface area (Å²) in [7, 11) is 3.12. The minimum atomic E-state index is -0.769. The van der Waals surface area contributed by atoms with Crippen LogP contribution in [0.3, 0.4) is 0 Å². The van der Waals surface area contributed by atoms with E-state index >= 15 is 0 Å². The number of carbonyl (C=O) groups is 2. The van der Waals surface area contributed by atoms with Crippen molar-refractivity contribution in [3.8, 4) is 17.2 Å². The lowest BCUT2D eigenvalue weighted by molar-refractivity contribution is -0.140. The highest BCUT2D eigenvalue weighted by molar-refractivity contribution is 6.46. The lowest BCUT2D eigenvalue weighted by atomic mass is 9.95. The fourth-order valence-corrected chi connectivity index (χ4v) is 5.16. The number of morpholine rings is 1. The summed E-state index contributed by atoms with van der Waals surface area (Å²) in [6, 6.07) is 11.4. The number of benzene rings is 2. The van der Waals surface area contributed by atoms with Crippen LogP contribution >= 0.6 is 0 Å². The molecule has 2 aromatic rings. The molecule has 0 radical (unpaired) electrons. The van der Waals surface area contributed by atoms with E-state index in [1.54, 1.807) is 55.5 Å². The first kappa shape index (κ1) is 29.4. The third-order valence-electron chi connectivity index (χ3n) is 7.39. The van der Waals surface area contributed by atoms with Crippen molar-refractivity contribution in [2.45, 2.75) is 38.6 Å². The van der Waals surface area contributed by atoms with Crippen molar-refractivity contribution >= 4 is 17.4 Å². The van der Waals surface area contributed by atoms with Crippen LogP contribution in [0.1, 0.15) is 49.8 Å². The second-order valence-corrected chi connectivity index (χ2v) is 9.99. The van der Waals surface area contributed by atoms with Gasteiger partial charge in [0, 0.05) is 31.7 Å². The smallest absolute Gasteiger partial charge is 0.295 e. The number of ketones is 1. The van der Waals surface area contributed by atoms with Crippen molar-refractivity contribution in [2.75, 3.05) is 60.2 Å². The fourth-order valence-electron chi connectivity index (χ4n) is 5.16. The molecule has 1 unspecified atom stereocenters. The zero-order chi connectivity index (χ0) is 28.5. The predicted octanol–water partition coefficient (Wildman–Crippen LogP) is 4.42. The van der Waals surface area contributed by atoms with Crippen LogP contribution in [0.2, 0.25) is 0 Å². The largest absolute Gasteiger partial charge is 0.507 e. The van der Waals surface area contributed by atoms with Gasteiger partial charge in [-0.15, -0.1) is 0 Å². The highest BCUT2D eigenvalue weighted by atomic mass is 16.5. The summed E-state index contributed by atoms with van der Waals surface area (Å²) in [5, 5.41) is 11.4. The van der Waals surface area contributed by atoms with E-state index in [0.29, 0.717) is 61.2 Å². The minimum absolute atomic E-state index is 0.0557. The van der Waals surface area contributed by atoms with E-state index in [-0.39, 0.29) is 11.3 Å². The van der Waals surface area contributed by atoms with Crippen molar-refractivity contribution in [3.63, 3.8) is 0 Å². The molecule has 2 aliphatic heterocycles. The summed E-state index contributed by atoms with van der Waals surface area (Å²) >= 11 is 0. The van der Waals surface area contributed by atoms with Gasteiger partial charge in [0.25, 0.3) is 11.7 Å². The number of aliphatic hydroxyl groups excluding tert-OH is 1. The quantitative estimate of drug-likeness (QED) is 0.169. The van der Waals surface area contributed by atoms with Crippen LogP contribution in [0.4, 0.5) is 0 Å². The van der Waals surface area contributed by atoms with Gasteiger partial charge in [-0.2, -0.15) is 0 Å². The van der Waals surface area contributed by atoms with Crippen LogP contribution in [0, 0.1) is 0 Å². The second kappa shape index (κ2) is 14.2. The van der Waals surface area contributed by atoms with Crippen molar-refractivity contribution in [2.24, 2.45) is 0 Å². The molecule has 2 aromatic carbocycles. The SMILES string of the molecule is CCCCCOc1ccc(C2/C(=C(\O)c3ccc(OC)cc3)C(=O)C(=O)N2CCCN2CCOCC2)cc1OC. The molecule has 2 aliphatic rings. The molecule has 0 bridgehead atoms. The number of likely N-dealkylation sites (tertiary alicyclic amines) is 1. The van der Waals surface area contributed by atoms with E-state index in [1.807, 2.05) is 6.07 Å². The number of amides is 1. The molecule has 40 heavy (non-hydrogen) atoms. The third kappa shape index (κ3) is 6.77. The van der Waals surface area contributed by atoms with E-state index in [0.717, 1.165) is 38.9 Å². The number of rotatable bonds is 13. The molecule has 0 aromatic heterocycles. The maximum atomic E-state index is 13.4. The summed E-state index contributed by atoms with van der Waals surface area (Å²) in [5.41, 5.74) is 1.15. The number of ether oxygens (including phenoxy) is 4. The van der Waals surface area contributed by atoms with Crippen LogP contribution in [-0.4, -0.2) is 86.8 Å². The summed E-state index contributed by atoms with van der Waals surface area (Å²) in [6.45, 7) is 6.93. The lowest BCUT2D eigenvalue weighted by Gasteiger charge is -2.29. The van der Waals surface area contributed by atoms with E-state index < -0.39 is 17.7 Å². The van der Waals surface area contributed by atoms with Gasteiger partial charge < -0.3 is 29.0 Å². The molecule has 2 fully saturated rings. The maximum Gasteiger partial charge on any atom is 0.295 e. The van der Waals surface area contributed by atoms with E-state index in [9.17, 15) is 14.7 Å². The fraction of sp³-hybridized carbons (Fsp3) is 0.484. The van der Waals surface area contributed by atoms with Gasteiger partial charge in [-0.1, -0.05) is 25.8 Å². The number of nitrogens with zero attached hydrogens (tertiary/aromatic N) is 2. The molecule has 0 aliphatic carbocycles. The molecular formula is C31H40N2O7. The molecule has 0 spiro atoms. The van der Waals surface area contributed by atoms with E-state index in [1.165, 1.54) is 0 Å². The van der Waals surface area contributed by atoms with Crippen LogP contribution in [0.5, 0.6) is 17.2 Å². The molecule has 4 rings (SSSR count). The van der Waals surface area contributed by atoms with Crippen LogP contribution in [0.25, 0.3) is 5.76 Å². The Balaban J connectivity index is 1.67. The Morgan fingerprint density at radius 2 is 1.70 bits per heavy atom. The topological polar surface area (TPSA) is 97.8 Å². The Morgan fingerprint density at radius 3 is 2.38 bits per heavy atom. The first-order valence-corrected chi connectivity index (χ1v) is 14.0. The van der Waals surface area contributed by atoms with Gasteiger partial charge in [0.15, 0.2) is 11.5 Å². The summed E-state index contributed by atoms with van der Waals surface area (Å²) < 4.78 is 22.3. The molecular weight excluding hydrogens is 512 g/mol. The number of aliphatic hydroxyl groups is 1. The Morgan fingerprint density at radius 1 is 0.950 bits per heavy atom. The van der Waals surface area contributed by atoms with Gasteiger partial charge >= 0.3 is 0 Å². The van der Waals surface area contributed by atoms with Gasteiger partial charge in [-0.05, 0) is 54.8 Å². The minimum Gasteiger partial charge on any atom is -0.507 e. The number of hydrogen-bond acceptors (Lipinski definition) is 8. The molecule has 9 nitrogen and oxygen atoms in total. The number of hydrogen-bond donors (Lipinski definition) is 1. The Hall–Kier alpha value is -3.56. The van der Waals surface area contributed by atoms with E-state index in [2.05, 4.69) is 11.8 Å². The predicted molar refractivity (Wildman–Crippen MR) is 152 cm³/mol. The molecule has 216 valence electrons. The lowest BCUT2D eigenvalue weighted by Crippen LogP contribution is -2.39. The zero-order valence-electron chi connectivity index (χ0n) is 23.7. The number of methoxy groups -OCH3 is 2. The standard InChI is InChI=1S/C31H40N2O7/c1-4-5-6-18-40-25-13-10-23(21-26(25)38-3)28-27(29(34)22-8-11-24(37-2)12-9-22)30(35)31(36)33(28)15-7-14-32-16-19-39-20-17-32/h8-13,21,28,34H,4-7,14-20H2,1-3H3/b29-27+. The zero-order valence-corrected chi connectivity index (χ0v) is 23.7. The first-order chi connectivity index (χ1) is 19.5. The van der Waals surface area contributed by atoms with Gasteiger partial charge in [0.05, 0.1) is 45.7 Å². The Bertz CT molecular complexity index is 1190. The number of carbonyl (C=O) groups excluding carboxylic acids is 2. The number of unbranched alkanes of at least 4 members (excludes halogenated alkanes) is 2. The van der Waals surface area contributed by atoms with Crippen molar-refractivity contribution in [1.29, 1.82) is 0 Å². The van der Waals surface area contributed by atoms with Crippen molar-refractivity contribution in [3.05, 3.63) is 59.2 Å². The van der Waals surface area contributed by atoms with Gasteiger partial charge in [0.1, 0.15) is 11.5 Å². The average molecular weight is 553 g/mol. The molecule has 2 saturated heterocycles. The summed E-state index contributed by atoms with van der Waals surface area (Å²) in [6.07, 6.45) is 3.79. The van der Waals surface area contributed by atoms with Crippen molar-refractivity contribution < 1.29 is 33.6 Å². The molecule has 0 saturated carbocycles. The molecule has 9 heteroatoms. The third-order valence-corrected chi connectivity index (χ3v) is 7.39. The molecule has 1 amide bonds. The van der Waals surface area contributed by atoms with Crippen molar-refractivity contribution in [1.82, 2.24) is 9.80 Å². The average Bonchev–Trinajstić information content (AvgIpc) is 3.24. The molecule has 1 N–H and O–H groups in total. The Labute approximate surface area is 236 Å². The maximum absolute atomic E-state index is 13.4. The summed E-state index contributed by atoms with van der Waals surface area (Å²) in [4.78, 5) is 30.6. The normalized spacial score (nSPS) is 19.2. The van der Waals surface area contributed by atoms with Crippen LogP contribution in [-0.2, 0) is 14.3 Å². The van der Waals surface area contributed by atoms with E-state index in [4.69, 9.17) is 18.9 Å². The van der Waals surface area contributed by atoms with Crippen LogP contribution < -0.4 is 14.2 Å². The second-order valence-electron chi connectivity index (χ2n) is 9.99. The highest BCUT2D eigenvalue weighted by Crippen LogP contribution is 2.42. The highest BCUT2D eigenvalue weighted by Gasteiger charge is 2.46. The monoisotopic (exact) mass is 552 g/mol. The Kier molecular flexibility index (Phi) is 10.4. The molecule has 2 heterocycles. The van der Waals surface area contributed by atoms with Gasteiger partial charge in [-0.3, -0.25) is 14.5 Å². The van der Waals surface area contributed by atoms with Gasteiger partial charge in [0.2, 0.25) is 0 Å². The molecule has 1 atom stereocenters. The first-order valence-electron chi connectivity index (χ1n) is 14.0.